The summed E-state index contributed by atoms with van der Waals surface area (Å²) in [7, 11) is 0. The number of ketones is 1. The summed E-state index contributed by atoms with van der Waals surface area (Å²) in [6, 6.07) is 0. The van der Waals surface area contributed by atoms with E-state index >= 15 is 0 Å². The number of carbonyl (C=O) groups excluding carboxylic acids is 2. The number of esters is 1. The van der Waals surface area contributed by atoms with Gasteiger partial charge in [0, 0.05) is 6.42 Å². The first-order chi connectivity index (χ1) is 5.07. The Kier molecular flexibility index (Phi) is 4.50. The number of carbonyl (C=O) groups is 2. The highest BCUT2D eigenvalue weighted by atomic mass is 16.5. The number of hydrogen-bond acceptors (Lipinski definition) is 3. The second-order valence-corrected chi connectivity index (χ2v) is 2.49. The van der Waals surface area contributed by atoms with Crippen LogP contribution in [0.5, 0.6) is 0 Å². The van der Waals surface area contributed by atoms with E-state index in [0.717, 1.165) is 6.42 Å². The third kappa shape index (κ3) is 4.53. The fraction of sp³-hybridized carbons (Fsp3) is 0.750. The van der Waals surface area contributed by atoms with Gasteiger partial charge in [-0.2, -0.15) is 0 Å². The van der Waals surface area contributed by atoms with Gasteiger partial charge in [0.2, 0.25) is 0 Å². The van der Waals surface area contributed by atoms with Crippen molar-refractivity contribution in [1.29, 1.82) is 0 Å². The van der Waals surface area contributed by atoms with Crippen LogP contribution < -0.4 is 0 Å². The highest BCUT2D eigenvalue weighted by Crippen LogP contribution is 1.97. The van der Waals surface area contributed by atoms with E-state index < -0.39 is 6.10 Å². The van der Waals surface area contributed by atoms with Gasteiger partial charge in [-0.3, -0.25) is 9.59 Å². The van der Waals surface area contributed by atoms with Gasteiger partial charge in [0.1, 0.15) is 0 Å². The average Bonchev–Trinajstić information content (AvgIpc) is 1.87. The Hall–Kier alpha value is -0.860. The van der Waals surface area contributed by atoms with Crippen LogP contribution >= 0.6 is 0 Å². The second-order valence-electron chi connectivity index (χ2n) is 2.49. The Morgan fingerprint density at radius 1 is 1.45 bits per heavy atom. The fourth-order valence-electron chi connectivity index (χ4n) is 0.543. The Morgan fingerprint density at radius 2 is 2.00 bits per heavy atom. The van der Waals surface area contributed by atoms with E-state index in [-0.39, 0.29) is 11.8 Å². The minimum Gasteiger partial charge on any atom is -0.455 e. The molecule has 0 bridgehead atoms. The van der Waals surface area contributed by atoms with Gasteiger partial charge in [-0.25, -0.2) is 0 Å². The lowest BCUT2D eigenvalue weighted by atomic mass is 10.3. The van der Waals surface area contributed by atoms with Crippen molar-refractivity contribution in [1.82, 2.24) is 0 Å². The van der Waals surface area contributed by atoms with Crippen LogP contribution in [0.1, 0.15) is 33.6 Å². The summed E-state index contributed by atoms with van der Waals surface area (Å²) in [6.45, 7) is 4.87. The van der Waals surface area contributed by atoms with Gasteiger partial charge in [-0.05, 0) is 20.3 Å². The molecule has 0 N–H and O–H groups in total. The summed E-state index contributed by atoms with van der Waals surface area (Å²) in [4.78, 5) is 21.4. The summed E-state index contributed by atoms with van der Waals surface area (Å²) in [6.07, 6.45) is 0.551. The molecule has 0 fully saturated rings. The zero-order valence-electron chi connectivity index (χ0n) is 7.22. The third-order valence-electron chi connectivity index (χ3n) is 1.33. The van der Waals surface area contributed by atoms with Crippen LogP contribution in [0.4, 0.5) is 0 Å². The summed E-state index contributed by atoms with van der Waals surface area (Å²) in [5, 5.41) is 0. The molecular formula is C8H14O3. The van der Waals surface area contributed by atoms with Crippen molar-refractivity contribution >= 4 is 11.8 Å². The molecule has 0 spiro atoms. The van der Waals surface area contributed by atoms with Gasteiger partial charge in [-0.1, -0.05) is 6.92 Å². The Balaban J connectivity index is 3.66. The van der Waals surface area contributed by atoms with E-state index in [2.05, 4.69) is 0 Å². The lowest BCUT2D eigenvalue weighted by Gasteiger charge is -2.08. The number of Topliss-reactive ketones (excluding diaryl/α,β-unsaturated/α-hetero) is 1. The van der Waals surface area contributed by atoms with Crippen LogP contribution in [0.15, 0.2) is 0 Å². The fourth-order valence-corrected chi connectivity index (χ4v) is 0.543. The molecule has 0 saturated carbocycles. The second kappa shape index (κ2) is 4.88. The maximum absolute atomic E-state index is 10.8. The summed E-state index contributed by atoms with van der Waals surface area (Å²) in [5.74, 6) is -0.412. The zero-order valence-corrected chi connectivity index (χ0v) is 7.22. The first-order valence-electron chi connectivity index (χ1n) is 3.77. The normalized spacial score (nSPS) is 12.3. The van der Waals surface area contributed by atoms with E-state index in [9.17, 15) is 9.59 Å². The predicted molar refractivity (Wildman–Crippen MR) is 41.1 cm³/mol. The number of rotatable bonds is 4. The van der Waals surface area contributed by atoms with Gasteiger partial charge in [0.25, 0.3) is 0 Å². The molecule has 0 aromatic heterocycles. The van der Waals surface area contributed by atoms with E-state index in [1.807, 2.05) is 6.92 Å². The number of hydrogen-bond donors (Lipinski definition) is 0. The van der Waals surface area contributed by atoms with Gasteiger partial charge in [0.15, 0.2) is 11.9 Å². The minimum atomic E-state index is -0.589. The SMILES string of the molecule is CCCC(=O)O[C@@H](C)C(C)=O. The van der Waals surface area contributed by atoms with Crippen LogP contribution in [-0.2, 0) is 14.3 Å². The largest absolute Gasteiger partial charge is 0.455 e. The highest BCUT2D eigenvalue weighted by Gasteiger charge is 2.11. The molecule has 0 aromatic rings. The van der Waals surface area contributed by atoms with Crippen LogP contribution in [0, 0.1) is 0 Å². The molecule has 0 heterocycles. The van der Waals surface area contributed by atoms with Crippen LogP contribution in [-0.4, -0.2) is 17.9 Å². The van der Waals surface area contributed by atoms with Gasteiger partial charge >= 0.3 is 5.97 Å². The summed E-state index contributed by atoms with van der Waals surface area (Å²) >= 11 is 0. The highest BCUT2D eigenvalue weighted by molar-refractivity contribution is 5.83. The molecule has 0 unspecified atom stereocenters. The van der Waals surface area contributed by atoms with Crippen molar-refractivity contribution in [3.63, 3.8) is 0 Å². The monoisotopic (exact) mass is 158 g/mol. The van der Waals surface area contributed by atoms with Gasteiger partial charge in [-0.15, -0.1) is 0 Å². The smallest absolute Gasteiger partial charge is 0.306 e. The molecule has 0 aromatic carbocycles. The molecule has 0 rings (SSSR count). The van der Waals surface area contributed by atoms with Crippen LogP contribution in [0.3, 0.4) is 0 Å². The first kappa shape index (κ1) is 10.1. The van der Waals surface area contributed by atoms with Gasteiger partial charge < -0.3 is 4.74 Å². The zero-order chi connectivity index (χ0) is 8.85. The van der Waals surface area contributed by atoms with Crippen LogP contribution in [0.25, 0.3) is 0 Å². The lowest BCUT2D eigenvalue weighted by molar-refractivity contribution is -0.153. The molecule has 3 nitrogen and oxygen atoms in total. The topological polar surface area (TPSA) is 43.4 Å². The van der Waals surface area contributed by atoms with Crippen molar-refractivity contribution in [2.75, 3.05) is 0 Å². The van der Waals surface area contributed by atoms with Crippen molar-refractivity contribution < 1.29 is 14.3 Å². The molecule has 0 saturated heterocycles. The molecule has 3 heteroatoms. The van der Waals surface area contributed by atoms with E-state index in [1.165, 1.54) is 6.92 Å². The molecule has 0 radical (unpaired) electrons. The predicted octanol–water partition coefficient (Wildman–Crippen LogP) is 1.31. The Labute approximate surface area is 66.7 Å². The van der Waals surface area contributed by atoms with Crippen molar-refractivity contribution in [3.05, 3.63) is 0 Å². The van der Waals surface area contributed by atoms with Crippen molar-refractivity contribution in [2.45, 2.75) is 39.7 Å². The molecule has 11 heavy (non-hydrogen) atoms. The molecule has 0 aliphatic heterocycles. The first-order valence-corrected chi connectivity index (χ1v) is 3.77. The van der Waals surface area contributed by atoms with Gasteiger partial charge in [0.05, 0.1) is 0 Å². The average molecular weight is 158 g/mol. The maximum atomic E-state index is 10.8. The molecule has 64 valence electrons. The standard InChI is InChI=1S/C8H14O3/c1-4-5-8(10)11-7(3)6(2)9/h7H,4-5H2,1-3H3/t7-/m0/s1. The molecule has 0 amide bonds. The summed E-state index contributed by atoms with van der Waals surface area (Å²) < 4.78 is 4.76. The van der Waals surface area contributed by atoms with Crippen molar-refractivity contribution in [2.24, 2.45) is 0 Å². The molecule has 0 aliphatic carbocycles. The summed E-state index contributed by atoms with van der Waals surface area (Å²) in [5.41, 5.74) is 0. The van der Waals surface area contributed by atoms with Crippen LogP contribution in [0.2, 0.25) is 0 Å². The molecule has 0 aliphatic rings. The van der Waals surface area contributed by atoms with E-state index in [0.29, 0.717) is 6.42 Å². The molecule has 1 atom stereocenters. The number of ether oxygens (including phenoxy) is 1. The lowest BCUT2D eigenvalue weighted by Crippen LogP contribution is -2.21. The Bertz CT molecular complexity index is 151. The van der Waals surface area contributed by atoms with E-state index in [1.54, 1.807) is 6.92 Å². The maximum Gasteiger partial charge on any atom is 0.306 e. The third-order valence-corrected chi connectivity index (χ3v) is 1.33. The van der Waals surface area contributed by atoms with E-state index in [4.69, 9.17) is 4.74 Å². The Morgan fingerprint density at radius 3 is 2.36 bits per heavy atom. The minimum absolute atomic E-state index is 0.116. The quantitative estimate of drug-likeness (QED) is 0.579. The van der Waals surface area contributed by atoms with Crippen molar-refractivity contribution in [3.8, 4) is 0 Å². The molecular weight excluding hydrogens is 144 g/mol.